The van der Waals surface area contributed by atoms with Crippen molar-refractivity contribution < 1.29 is 13.8 Å². The standard InChI is InChI=1S/C31H36Cl2N4O3S/c1-18-22(16-30(38)37(4)20-10-12-36(3)13-11-20)19(2)34-29(18)15-24-23-14-21(8-9-28(23)35-31(24)39)41(40)17-25-26(32)6-5-7-27(25)33/h5-9,14,20,24,34H,10-13,15-17H2,1-4H3,(H,35,39). The lowest BCUT2D eigenvalue weighted by atomic mass is 9.93. The molecule has 1 fully saturated rings. The first-order valence-corrected chi connectivity index (χ1v) is 16.0. The Morgan fingerprint density at radius 3 is 2.46 bits per heavy atom. The topological polar surface area (TPSA) is 85.5 Å². The van der Waals surface area contributed by atoms with Gasteiger partial charge in [0.2, 0.25) is 11.8 Å². The number of hydrogen-bond acceptors (Lipinski definition) is 4. The Morgan fingerprint density at radius 2 is 1.78 bits per heavy atom. The molecule has 0 aliphatic carbocycles. The predicted octanol–water partition coefficient (Wildman–Crippen LogP) is 5.62. The van der Waals surface area contributed by atoms with Gasteiger partial charge in [-0.15, -0.1) is 0 Å². The SMILES string of the molecule is Cc1[nH]c(CC2C(=O)Nc3ccc(S(=O)Cc4c(Cl)cccc4Cl)cc32)c(C)c1CC(=O)N(C)C1CCN(C)CC1. The highest BCUT2D eigenvalue weighted by Gasteiger charge is 2.33. The van der Waals surface area contributed by atoms with Crippen LogP contribution in [0.5, 0.6) is 0 Å². The minimum Gasteiger partial charge on any atom is -0.362 e. The lowest BCUT2D eigenvalue weighted by molar-refractivity contribution is -0.132. The molecule has 10 heteroatoms. The lowest BCUT2D eigenvalue weighted by Gasteiger charge is -2.35. The zero-order valence-electron chi connectivity index (χ0n) is 23.9. The van der Waals surface area contributed by atoms with E-state index in [0.717, 1.165) is 59.7 Å². The maximum atomic E-state index is 13.3. The molecule has 0 bridgehead atoms. The maximum absolute atomic E-state index is 13.3. The molecule has 2 amide bonds. The van der Waals surface area contributed by atoms with Crippen LogP contribution in [0.25, 0.3) is 0 Å². The molecule has 2 unspecified atom stereocenters. The van der Waals surface area contributed by atoms with E-state index in [2.05, 4.69) is 22.2 Å². The van der Waals surface area contributed by atoms with Crippen molar-refractivity contribution in [2.75, 3.05) is 32.5 Å². The molecule has 2 aliphatic heterocycles. The normalized spacial score (nSPS) is 18.3. The molecule has 2 aromatic carbocycles. The highest BCUT2D eigenvalue weighted by Crippen LogP contribution is 2.38. The number of rotatable bonds is 8. The van der Waals surface area contributed by atoms with Crippen LogP contribution in [0.1, 0.15) is 52.4 Å². The predicted molar refractivity (Wildman–Crippen MR) is 165 cm³/mol. The number of anilines is 1. The Hall–Kier alpha value is -2.65. The molecular formula is C31H36Cl2N4O3S. The van der Waals surface area contributed by atoms with Crippen LogP contribution in [-0.4, -0.2) is 64.0 Å². The number of carbonyl (C=O) groups excluding carboxylic acids is 2. The molecule has 7 nitrogen and oxygen atoms in total. The van der Waals surface area contributed by atoms with E-state index in [1.165, 1.54) is 0 Å². The first-order chi connectivity index (χ1) is 19.5. The van der Waals surface area contributed by atoms with Gasteiger partial charge in [0.05, 0.1) is 28.9 Å². The van der Waals surface area contributed by atoms with Crippen molar-refractivity contribution in [3.05, 3.63) is 80.1 Å². The van der Waals surface area contributed by atoms with Gasteiger partial charge in [0, 0.05) is 57.1 Å². The number of aryl methyl sites for hydroxylation is 1. The number of H-pyrrole nitrogens is 1. The summed E-state index contributed by atoms with van der Waals surface area (Å²) in [6.45, 7) is 6.01. The van der Waals surface area contributed by atoms with Crippen LogP contribution in [0.2, 0.25) is 10.0 Å². The number of nitrogens with zero attached hydrogens (tertiary/aromatic N) is 2. The average molecular weight is 616 g/mol. The van der Waals surface area contributed by atoms with Crippen LogP contribution in [0.3, 0.4) is 0 Å². The van der Waals surface area contributed by atoms with E-state index in [4.69, 9.17) is 23.2 Å². The zero-order chi connectivity index (χ0) is 29.4. The van der Waals surface area contributed by atoms with Gasteiger partial charge in [-0.3, -0.25) is 13.8 Å². The number of likely N-dealkylation sites (N-methyl/N-ethyl adjacent to an activating group) is 1. The van der Waals surface area contributed by atoms with Crippen LogP contribution in [-0.2, 0) is 39.0 Å². The van der Waals surface area contributed by atoms with Crippen molar-refractivity contribution in [1.29, 1.82) is 0 Å². The second-order valence-corrected chi connectivity index (χ2v) is 13.5. The summed E-state index contributed by atoms with van der Waals surface area (Å²) >= 11 is 12.6. The minimum atomic E-state index is -1.40. The number of nitrogens with one attached hydrogen (secondary N) is 2. The van der Waals surface area contributed by atoms with Gasteiger partial charge >= 0.3 is 0 Å². The van der Waals surface area contributed by atoms with E-state index in [9.17, 15) is 13.8 Å². The summed E-state index contributed by atoms with van der Waals surface area (Å²) in [6, 6.07) is 10.9. The third-order valence-electron chi connectivity index (χ3n) is 8.63. The quantitative estimate of drug-likeness (QED) is 0.345. The number of carbonyl (C=O) groups is 2. The van der Waals surface area contributed by atoms with Crippen LogP contribution in [0.4, 0.5) is 5.69 Å². The summed E-state index contributed by atoms with van der Waals surface area (Å²) < 4.78 is 13.3. The molecule has 0 radical (unpaired) electrons. The fraction of sp³-hybridized carbons (Fsp3) is 0.419. The molecule has 218 valence electrons. The van der Waals surface area contributed by atoms with Gasteiger partial charge in [-0.05, 0) is 93.8 Å². The van der Waals surface area contributed by atoms with Gasteiger partial charge in [-0.25, -0.2) is 0 Å². The van der Waals surface area contributed by atoms with Crippen molar-refractivity contribution in [3.8, 4) is 0 Å². The number of halogens is 2. The van der Waals surface area contributed by atoms with Crippen LogP contribution >= 0.6 is 23.2 Å². The first kappa shape index (κ1) is 29.8. The van der Waals surface area contributed by atoms with E-state index in [1.807, 2.05) is 37.9 Å². The van der Waals surface area contributed by atoms with E-state index in [-0.39, 0.29) is 23.6 Å². The first-order valence-electron chi connectivity index (χ1n) is 13.9. The monoisotopic (exact) mass is 614 g/mol. The van der Waals surface area contributed by atoms with Gasteiger partial charge in [-0.1, -0.05) is 29.3 Å². The smallest absolute Gasteiger partial charge is 0.232 e. The van der Waals surface area contributed by atoms with Crippen LogP contribution in [0.15, 0.2) is 41.3 Å². The summed E-state index contributed by atoms with van der Waals surface area (Å²) in [6.07, 6.45) is 2.77. The fourth-order valence-corrected chi connectivity index (χ4v) is 7.83. The van der Waals surface area contributed by atoms with Crippen LogP contribution < -0.4 is 5.32 Å². The summed E-state index contributed by atoms with van der Waals surface area (Å²) in [7, 11) is 2.63. The van der Waals surface area contributed by atoms with Gasteiger partial charge in [0.15, 0.2) is 0 Å². The molecular weight excluding hydrogens is 579 g/mol. The summed E-state index contributed by atoms with van der Waals surface area (Å²) in [4.78, 5) is 34.6. The molecule has 0 spiro atoms. The lowest BCUT2D eigenvalue weighted by Crippen LogP contribution is -2.45. The number of fused-ring (bicyclic) bond motifs is 1. The highest BCUT2D eigenvalue weighted by atomic mass is 35.5. The Morgan fingerprint density at radius 1 is 1.10 bits per heavy atom. The van der Waals surface area contributed by atoms with Gasteiger partial charge < -0.3 is 20.1 Å². The van der Waals surface area contributed by atoms with Gasteiger partial charge in [-0.2, -0.15) is 0 Å². The second-order valence-electron chi connectivity index (χ2n) is 11.2. The summed E-state index contributed by atoms with van der Waals surface area (Å²) in [5, 5.41) is 3.93. The molecule has 0 saturated carbocycles. The number of piperidine rings is 1. The van der Waals surface area contributed by atoms with Crippen molar-refractivity contribution in [1.82, 2.24) is 14.8 Å². The van der Waals surface area contributed by atoms with Gasteiger partial charge in [0.1, 0.15) is 0 Å². The molecule has 1 aromatic heterocycles. The number of aromatic amines is 1. The Kier molecular flexibility index (Phi) is 8.95. The Balaban J connectivity index is 1.32. The van der Waals surface area contributed by atoms with E-state index in [1.54, 1.807) is 24.3 Å². The average Bonchev–Trinajstić information content (AvgIpc) is 3.40. The molecule has 2 atom stereocenters. The second kappa shape index (κ2) is 12.3. The molecule has 2 N–H and O–H groups in total. The third-order valence-corrected chi connectivity index (χ3v) is 10.7. The molecule has 1 saturated heterocycles. The Bertz CT molecular complexity index is 1490. The number of hydrogen-bond donors (Lipinski definition) is 2. The summed E-state index contributed by atoms with van der Waals surface area (Å²) in [5.41, 5.74) is 6.09. The van der Waals surface area contributed by atoms with Crippen molar-refractivity contribution in [3.63, 3.8) is 0 Å². The third kappa shape index (κ3) is 6.26. The minimum absolute atomic E-state index is 0.0941. The van der Waals surface area contributed by atoms with E-state index < -0.39 is 16.7 Å². The van der Waals surface area contributed by atoms with Gasteiger partial charge in [0.25, 0.3) is 0 Å². The summed E-state index contributed by atoms with van der Waals surface area (Å²) in [5.74, 6) is -0.232. The number of aromatic nitrogens is 1. The number of benzene rings is 2. The van der Waals surface area contributed by atoms with E-state index >= 15 is 0 Å². The fourth-order valence-electron chi connectivity index (χ4n) is 5.93. The molecule has 41 heavy (non-hydrogen) atoms. The van der Waals surface area contributed by atoms with Crippen LogP contribution in [0, 0.1) is 13.8 Å². The molecule has 3 heterocycles. The maximum Gasteiger partial charge on any atom is 0.232 e. The molecule has 3 aromatic rings. The van der Waals surface area contributed by atoms with E-state index in [0.29, 0.717) is 33.3 Å². The molecule has 2 aliphatic rings. The zero-order valence-corrected chi connectivity index (χ0v) is 26.2. The molecule has 5 rings (SSSR count). The van der Waals surface area contributed by atoms with Crippen molar-refractivity contribution in [2.24, 2.45) is 0 Å². The highest BCUT2D eigenvalue weighted by molar-refractivity contribution is 7.84. The largest absolute Gasteiger partial charge is 0.362 e. The van der Waals surface area contributed by atoms with Crippen molar-refractivity contribution >= 4 is 51.5 Å². The number of amides is 2. The van der Waals surface area contributed by atoms with Crippen molar-refractivity contribution in [2.45, 2.75) is 62.1 Å². The number of likely N-dealkylation sites (tertiary alicyclic amines) is 1. The Labute approximate surface area is 254 Å².